The zero-order valence-electron chi connectivity index (χ0n) is 10.6. The lowest BCUT2D eigenvalue weighted by molar-refractivity contribution is 0.175. The Balaban J connectivity index is 1.80. The van der Waals surface area contributed by atoms with Gasteiger partial charge in [0.2, 0.25) is 5.28 Å². The Bertz CT molecular complexity index is 497. The van der Waals surface area contributed by atoms with Crippen LogP contribution in [0.2, 0.25) is 10.3 Å². The van der Waals surface area contributed by atoms with E-state index in [1.54, 1.807) is 6.20 Å². The number of nitrogens with one attached hydrogen (secondary N) is 1. The van der Waals surface area contributed by atoms with Gasteiger partial charge in [-0.15, -0.1) is 0 Å². The first-order chi connectivity index (χ1) is 9.24. The minimum atomic E-state index is 0.233. The van der Waals surface area contributed by atoms with Crippen LogP contribution < -0.4 is 5.43 Å². The second kappa shape index (κ2) is 5.65. The minimum absolute atomic E-state index is 0.233. The molecule has 1 aromatic rings. The second-order valence-electron chi connectivity index (χ2n) is 5.02. The van der Waals surface area contributed by atoms with E-state index in [4.69, 9.17) is 23.2 Å². The highest BCUT2D eigenvalue weighted by molar-refractivity contribution is 6.32. The predicted octanol–water partition coefficient (Wildman–Crippen LogP) is 3.28. The molecule has 0 atom stereocenters. The number of aromatic nitrogens is 2. The number of hydrogen-bond donors (Lipinski definition) is 1. The average molecular weight is 299 g/mol. The molecule has 2 aliphatic rings. The lowest BCUT2D eigenvalue weighted by atomic mass is 9.95. The molecule has 1 aliphatic heterocycles. The van der Waals surface area contributed by atoms with Gasteiger partial charge in [0.15, 0.2) is 0 Å². The smallest absolute Gasteiger partial charge is 0.222 e. The van der Waals surface area contributed by atoms with Crippen molar-refractivity contribution in [3.63, 3.8) is 0 Å². The van der Waals surface area contributed by atoms with Crippen LogP contribution in [0.3, 0.4) is 0 Å². The lowest BCUT2D eigenvalue weighted by Gasteiger charge is -2.30. The van der Waals surface area contributed by atoms with E-state index in [-0.39, 0.29) is 5.28 Å². The second-order valence-corrected chi connectivity index (χ2v) is 5.77. The van der Waals surface area contributed by atoms with Crippen molar-refractivity contribution >= 4 is 28.8 Å². The van der Waals surface area contributed by atoms with E-state index in [1.165, 1.54) is 32.1 Å². The summed E-state index contributed by atoms with van der Waals surface area (Å²) in [6.45, 7) is 0.740. The standard InChI is InChI=1S/C13H16Cl2N4/c14-11-7-16-13(15)18-12(11)9-6-17-19(8-9)10-4-2-1-3-5-10/h7-8,10,17H,1-6H2. The van der Waals surface area contributed by atoms with E-state index in [1.807, 2.05) is 0 Å². The van der Waals surface area contributed by atoms with Gasteiger partial charge in [-0.05, 0) is 24.4 Å². The number of halogens is 2. The van der Waals surface area contributed by atoms with Gasteiger partial charge in [0.05, 0.1) is 16.9 Å². The van der Waals surface area contributed by atoms with Gasteiger partial charge in [0, 0.05) is 24.4 Å². The molecule has 0 unspecified atom stereocenters. The summed E-state index contributed by atoms with van der Waals surface area (Å²) in [5, 5.41) is 2.99. The molecule has 1 saturated carbocycles. The van der Waals surface area contributed by atoms with Crippen molar-refractivity contribution < 1.29 is 0 Å². The number of rotatable bonds is 2. The van der Waals surface area contributed by atoms with Gasteiger partial charge >= 0.3 is 0 Å². The Morgan fingerprint density at radius 3 is 2.79 bits per heavy atom. The predicted molar refractivity (Wildman–Crippen MR) is 76.7 cm³/mol. The summed E-state index contributed by atoms with van der Waals surface area (Å²) in [6, 6.07) is 0.585. The summed E-state index contributed by atoms with van der Waals surface area (Å²) >= 11 is 12.0. The van der Waals surface area contributed by atoms with Gasteiger partial charge in [-0.25, -0.2) is 15.4 Å². The van der Waals surface area contributed by atoms with E-state index < -0.39 is 0 Å². The Hall–Kier alpha value is -0.840. The van der Waals surface area contributed by atoms with E-state index >= 15 is 0 Å². The Morgan fingerprint density at radius 2 is 2.00 bits per heavy atom. The van der Waals surface area contributed by atoms with Crippen LogP contribution in [0.4, 0.5) is 0 Å². The van der Waals surface area contributed by atoms with Crippen LogP contribution in [0.1, 0.15) is 37.8 Å². The fraction of sp³-hybridized carbons (Fsp3) is 0.538. The number of hydrazine groups is 1. The van der Waals surface area contributed by atoms with Crippen LogP contribution in [0.5, 0.6) is 0 Å². The van der Waals surface area contributed by atoms with Crippen molar-refractivity contribution in [3.05, 3.63) is 28.4 Å². The molecule has 0 bridgehead atoms. The van der Waals surface area contributed by atoms with Crippen LogP contribution in [0, 0.1) is 0 Å². The molecule has 19 heavy (non-hydrogen) atoms. The summed E-state index contributed by atoms with van der Waals surface area (Å²) in [5.41, 5.74) is 5.20. The Kier molecular flexibility index (Phi) is 3.91. The fourth-order valence-electron chi connectivity index (χ4n) is 2.75. The molecule has 102 valence electrons. The van der Waals surface area contributed by atoms with Gasteiger partial charge in [0.1, 0.15) is 0 Å². The largest absolute Gasteiger partial charge is 0.312 e. The van der Waals surface area contributed by atoms with Crippen LogP contribution >= 0.6 is 23.2 Å². The molecule has 0 saturated heterocycles. The van der Waals surface area contributed by atoms with Gasteiger partial charge in [-0.1, -0.05) is 30.9 Å². The highest BCUT2D eigenvalue weighted by Gasteiger charge is 2.24. The highest BCUT2D eigenvalue weighted by atomic mass is 35.5. The Morgan fingerprint density at radius 1 is 1.21 bits per heavy atom. The summed E-state index contributed by atoms with van der Waals surface area (Å²) in [4.78, 5) is 8.10. The summed E-state index contributed by atoms with van der Waals surface area (Å²) in [7, 11) is 0. The van der Waals surface area contributed by atoms with Gasteiger partial charge in [-0.3, -0.25) is 0 Å². The molecule has 1 fully saturated rings. The molecule has 1 aliphatic carbocycles. The van der Waals surface area contributed by atoms with Gasteiger partial charge in [-0.2, -0.15) is 0 Å². The first-order valence-electron chi connectivity index (χ1n) is 6.65. The molecular weight excluding hydrogens is 283 g/mol. The maximum absolute atomic E-state index is 6.14. The third-order valence-electron chi connectivity index (χ3n) is 3.73. The van der Waals surface area contributed by atoms with Crippen LogP contribution in [0.25, 0.3) is 5.57 Å². The number of hydrogen-bond acceptors (Lipinski definition) is 4. The molecule has 2 heterocycles. The molecule has 3 rings (SSSR count). The van der Waals surface area contributed by atoms with Gasteiger partial charge in [0.25, 0.3) is 0 Å². The Labute approximate surface area is 122 Å². The topological polar surface area (TPSA) is 41.1 Å². The van der Waals surface area contributed by atoms with Crippen molar-refractivity contribution in [1.82, 2.24) is 20.4 Å². The third kappa shape index (κ3) is 2.86. The summed E-state index contributed by atoms with van der Waals surface area (Å²) in [5.74, 6) is 0. The average Bonchev–Trinajstić information content (AvgIpc) is 2.92. The van der Waals surface area contributed by atoms with E-state index in [9.17, 15) is 0 Å². The first-order valence-corrected chi connectivity index (χ1v) is 7.40. The molecule has 0 aromatic carbocycles. The van der Waals surface area contributed by atoms with Crippen LogP contribution in [0.15, 0.2) is 12.4 Å². The quantitative estimate of drug-likeness (QED) is 0.851. The first kappa shape index (κ1) is 13.2. The van der Waals surface area contributed by atoms with Crippen molar-refractivity contribution in [1.29, 1.82) is 0 Å². The van der Waals surface area contributed by atoms with Crippen molar-refractivity contribution in [3.8, 4) is 0 Å². The highest BCUT2D eigenvalue weighted by Crippen LogP contribution is 2.28. The van der Waals surface area contributed by atoms with Crippen LogP contribution in [-0.4, -0.2) is 27.6 Å². The van der Waals surface area contributed by atoms with E-state index in [2.05, 4.69) is 26.6 Å². The van der Waals surface area contributed by atoms with Crippen molar-refractivity contribution in [2.75, 3.05) is 6.54 Å². The summed E-state index contributed by atoms with van der Waals surface area (Å²) < 4.78 is 0. The third-order valence-corrected chi connectivity index (χ3v) is 4.19. The normalized spacial score (nSPS) is 20.7. The maximum Gasteiger partial charge on any atom is 0.222 e. The molecule has 1 aromatic heterocycles. The molecular formula is C13H16Cl2N4. The SMILES string of the molecule is Clc1ncc(Cl)c(C2=CN(C3CCCCC3)NC2)n1. The maximum atomic E-state index is 6.14. The molecule has 0 amide bonds. The molecule has 1 N–H and O–H groups in total. The van der Waals surface area contributed by atoms with Crippen molar-refractivity contribution in [2.45, 2.75) is 38.1 Å². The molecule has 0 spiro atoms. The zero-order chi connectivity index (χ0) is 13.2. The molecule has 0 radical (unpaired) electrons. The fourth-order valence-corrected chi connectivity index (χ4v) is 3.09. The minimum Gasteiger partial charge on any atom is -0.312 e. The van der Waals surface area contributed by atoms with Gasteiger partial charge < -0.3 is 5.01 Å². The number of nitrogens with zero attached hydrogens (tertiary/aromatic N) is 3. The van der Waals surface area contributed by atoms with E-state index in [0.717, 1.165) is 17.8 Å². The summed E-state index contributed by atoms with van der Waals surface area (Å²) in [6.07, 6.45) is 10.1. The monoisotopic (exact) mass is 298 g/mol. The molecule has 4 nitrogen and oxygen atoms in total. The lowest BCUT2D eigenvalue weighted by Crippen LogP contribution is -2.39. The van der Waals surface area contributed by atoms with Crippen LogP contribution in [-0.2, 0) is 0 Å². The van der Waals surface area contributed by atoms with Crippen molar-refractivity contribution in [2.24, 2.45) is 0 Å². The zero-order valence-corrected chi connectivity index (χ0v) is 12.1. The molecule has 6 heteroatoms. The van der Waals surface area contributed by atoms with E-state index in [0.29, 0.717) is 11.1 Å².